The maximum absolute atomic E-state index is 12.2. The number of anilines is 1. The van der Waals surface area contributed by atoms with Crippen LogP contribution in [0.15, 0.2) is 41.4 Å². The molecule has 132 valence electrons. The molecule has 1 aromatic carbocycles. The fourth-order valence-electron chi connectivity index (χ4n) is 1.86. The van der Waals surface area contributed by atoms with E-state index in [1.807, 2.05) is 0 Å². The lowest BCUT2D eigenvalue weighted by Crippen LogP contribution is -2.11. The first-order chi connectivity index (χ1) is 12.5. The second-order valence-electron chi connectivity index (χ2n) is 4.76. The Bertz CT molecular complexity index is 965. The minimum absolute atomic E-state index is 0.0381. The van der Waals surface area contributed by atoms with Gasteiger partial charge in [-0.1, -0.05) is 22.7 Å². The Kier molecular flexibility index (Phi) is 5.29. The predicted molar refractivity (Wildman–Crippen MR) is 99.1 cm³/mol. The van der Waals surface area contributed by atoms with Gasteiger partial charge in [-0.2, -0.15) is 0 Å². The van der Waals surface area contributed by atoms with Gasteiger partial charge in [-0.3, -0.25) is 20.2 Å². The molecule has 3 rings (SSSR count). The van der Waals surface area contributed by atoms with Crippen LogP contribution in [0.4, 0.5) is 15.3 Å². The third-order valence-electron chi connectivity index (χ3n) is 3.08. The summed E-state index contributed by atoms with van der Waals surface area (Å²) in [6.45, 7) is 0. The standard InChI is InChI=1S/C15H11N5O4S2/c1-24-10-4-2-9(3-5-10)13(21)17-15-19-18-14(26-15)16-8-11-6-7-12(25-11)20(22)23/h2-8H,1H3,(H,17,19,21). The maximum atomic E-state index is 12.2. The lowest BCUT2D eigenvalue weighted by Gasteiger charge is -2.02. The van der Waals surface area contributed by atoms with Crippen LogP contribution >= 0.6 is 22.7 Å². The third kappa shape index (κ3) is 4.26. The monoisotopic (exact) mass is 389 g/mol. The summed E-state index contributed by atoms with van der Waals surface area (Å²) in [5.74, 6) is 0.330. The first kappa shape index (κ1) is 17.6. The van der Waals surface area contributed by atoms with E-state index < -0.39 is 4.92 Å². The number of thiophene rings is 1. The smallest absolute Gasteiger partial charge is 0.324 e. The zero-order valence-corrected chi connectivity index (χ0v) is 14.9. The molecule has 2 heterocycles. The number of aromatic nitrogens is 2. The number of methoxy groups -OCH3 is 1. The maximum Gasteiger partial charge on any atom is 0.324 e. The van der Waals surface area contributed by atoms with Gasteiger partial charge >= 0.3 is 5.00 Å². The summed E-state index contributed by atoms with van der Waals surface area (Å²) in [5.41, 5.74) is 0.456. The second kappa shape index (κ2) is 7.80. The Morgan fingerprint density at radius 2 is 2.00 bits per heavy atom. The van der Waals surface area contributed by atoms with Gasteiger partial charge in [-0.25, -0.2) is 4.99 Å². The number of aliphatic imine (C=N–C) groups is 1. The molecular formula is C15H11N5O4S2. The molecule has 0 aliphatic rings. The summed E-state index contributed by atoms with van der Waals surface area (Å²) < 4.78 is 5.04. The Balaban J connectivity index is 1.64. The highest BCUT2D eigenvalue weighted by molar-refractivity contribution is 7.19. The SMILES string of the molecule is COc1ccc(C(=O)Nc2nnc(N=Cc3ccc([N+](=O)[O-])s3)s2)cc1. The van der Waals surface area contributed by atoms with Crippen LogP contribution < -0.4 is 10.1 Å². The largest absolute Gasteiger partial charge is 0.497 e. The van der Waals surface area contributed by atoms with Crippen LogP contribution in [0.25, 0.3) is 0 Å². The third-order valence-corrected chi connectivity index (χ3v) is 4.80. The van der Waals surface area contributed by atoms with E-state index in [-0.39, 0.29) is 10.9 Å². The molecule has 0 unspecified atom stereocenters. The van der Waals surface area contributed by atoms with Gasteiger partial charge in [0.25, 0.3) is 5.91 Å². The van der Waals surface area contributed by atoms with E-state index in [1.165, 1.54) is 12.3 Å². The van der Waals surface area contributed by atoms with Crippen LogP contribution in [0.1, 0.15) is 15.2 Å². The molecule has 0 aliphatic carbocycles. The van der Waals surface area contributed by atoms with Crippen molar-refractivity contribution in [1.29, 1.82) is 0 Å². The Morgan fingerprint density at radius 1 is 1.23 bits per heavy atom. The average molecular weight is 389 g/mol. The Morgan fingerprint density at radius 3 is 2.65 bits per heavy atom. The number of carbonyl (C=O) groups excluding carboxylic acids is 1. The van der Waals surface area contributed by atoms with Gasteiger partial charge in [0.1, 0.15) is 5.75 Å². The molecule has 0 aliphatic heterocycles. The van der Waals surface area contributed by atoms with Gasteiger partial charge in [0.2, 0.25) is 10.3 Å². The quantitative estimate of drug-likeness (QED) is 0.391. The molecule has 0 atom stereocenters. The summed E-state index contributed by atoms with van der Waals surface area (Å²) in [7, 11) is 1.55. The molecule has 11 heteroatoms. The van der Waals surface area contributed by atoms with E-state index in [0.717, 1.165) is 22.7 Å². The number of nitrogens with one attached hydrogen (secondary N) is 1. The van der Waals surface area contributed by atoms with Gasteiger partial charge in [-0.15, -0.1) is 10.2 Å². The average Bonchev–Trinajstić information content (AvgIpc) is 3.29. The molecular weight excluding hydrogens is 378 g/mol. The lowest BCUT2D eigenvalue weighted by molar-refractivity contribution is -0.380. The normalized spacial score (nSPS) is 10.8. The van der Waals surface area contributed by atoms with Crippen molar-refractivity contribution in [2.45, 2.75) is 0 Å². The van der Waals surface area contributed by atoms with Crippen molar-refractivity contribution >= 4 is 50.1 Å². The molecule has 0 saturated carbocycles. The van der Waals surface area contributed by atoms with Crippen LogP contribution in [-0.4, -0.2) is 34.4 Å². The van der Waals surface area contributed by atoms with E-state index in [1.54, 1.807) is 37.4 Å². The number of benzene rings is 1. The predicted octanol–water partition coefficient (Wildman–Crippen LogP) is 3.52. The first-order valence-electron chi connectivity index (χ1n) is 7.12. The van der Waals surface area contributed by atoms with Crippen LogP contribution in [0.3, 0.4) is 0 Å². The molecule has 2 aromatic heterocycles. The van der Waals surface area contributed by atoms with Gasteiger partial charge in [0, 0.05) is 17.8 Å². The highest BCUT2D eigenvalue weighted by atomic mass is 32.1. The molecule has 3 aromatic rings. The number of hydrogen-bond donors (Lipinski definition) is 1. The minimum Gasteiger partial charge on any atom is -0.497 e. The van der Waals surface area contributed by atoms with E-state index in [9.17, 15) is 14.9 Å². The topological polar surface area (TPSA) is 120 Å². The molecule has 26 heavy (non-hydrogen) atoms. The zero-order chi connectivity index (χ0) is 18.5. The molecule has 0 fully saturated rings. The molecule has 0 radical (unpaired) electrons. The number of rotatable bonds is 6. The van der Waals surface area contributed by atoms with Crippen molar-refractivity contribution < 1.29 is 14.5 Å². The number of amides is 1. The van der Waals surface area contributed by atoms with E-state index in [0.29, 0.717) is 26.5 Å². The van der Waals surface area contributed by atoms with Crippen molar-refractivity contribution in [3.05, 3.63) is 57.0 Å². The van der Waals surface area contributed by atoms with Crippen molar-refractivity contribution in [3.63, 3.8) is 0 Å². The number of nitrogens with zero attached hydrogens (tertiary/aromatic N) is 4. The molecule has 9 nitrogen and oxygen atoms in total. The summed E-state index contributed by atoms with van der Waals surface area (Å²) in [5, 5.41) is 21.7. The zero-order valence-electron chi connectivity index (χ0n) is 13.3. The van der Waals surface area contributed by atoms with Crippen molar-refractivity contribution in [2.24, 2.45) is 4.99 Å². The second-order valence-corrected chi connectivity index (χ2v) is 6.81. The van der Waals surface area contributed by atoms with E-state index >= 15 is 0 Å². The van der Waals surface area contributed by atoms with Crippen LogP contribution in [-0.2, 0) is 0 Å². The van der Waals surface area contributed by atoms with Gasteiger partial charge in [0.05, 0.1) is 16.9 Å². The van der Waals surface area contributed by atoms with Crippen molar-refractivity contribution in [2.75, 3.05) is 12.4 Å². The highest BCUT2D eigenvalue weighted by Gasteiger charge is 2.11. The molecule has 1 N–H and O–H groups in total. The summed E-state index contributed by atoms with van der Waals surface area (Å²) in [6.07, 6.45) is 1.47. The first-order valence-corrected chi connectivity index (χ1v) is 8.75. The lowest BCUT2D eigenvalue weighted by atomic mass is 10.2. The molecule has 1 amide bonds. The molecule has 0 spiro atoms. The van der Waals surface area contributed by atoms with E-state index in [4.69, 9.17) is 4.74 Å². The Labute approximate surface area is 155 Å². The number of ether oxygens (including phenoxy) is 1. The van der Waals surface area contributed by atoms with E-state index in [2.05, 4.69) is 20.5 Å². The highest BCUT2D eigenvalue weighted by Crippen LogP contribution is 2.26. The minimum atomic E-state index is -0.459. The van der Waals surface area contributed by atoms with Crippen molar-refractivity contribution in [3.8, 4) is 5.75 Å². The van der Waals surface area contributed by atoms with Gasteiger partial charge in [0.15, 0.2) is 0 Å². The van der Waals surface area contributed by atoms with Crippen LogP contribution in [0, 0.1) is 10.1 Å². The summed E-state index contributed by atoms with van der Waals surface area (Å²) in [4.78, 5) is 27.1. The van der Waals surface area contributed by atoms with Crippen LogP contribution in [0.2, 0.25) is 0 Å². The number of nitro groups is 1. The fourth-order valence-corrected chi connectivity index (χ4v) is 3.14. The summed E-state index contributed by atoms with van der Waals surface area (Å²) in [6, 6.07) is 9.65. The van der Waals surface area contributed by atoms with Crippen LogP contribution in [0.5, 0.6) is 5.75 Å². The molecule has 0 bridgehead atoms. The van der Waals surface area contributed by atoms with Gasteiger partial charge in [-0.05, 0) is 30.3 Å². The van der Waals surface area contributed by atoms with Crippen molar-refractivity contribution in [1.82, 2.24) is 10.2 Å². The number of hydrogen-bond acceptors (Lipinski definition) is 9. The summed E-state index contributed by atoms with van der Waals surface area (Å²) >= 11 is 2.10. The van der Waals surface area contributed by atoms with Gasteiger partial charge < -0.3 is 4.74 Å². The Hall–Kier alpha value is -3.18. The number of carbonyl (C=O) groups is 1. The molecule has 0 saturated heterocycles. The fraction of sp³-hybridized carbons (Fsp3) is 0.0667.